The number of ether oxygens (including phenoxy) is 1. The predicted molar refractivity (Wildman–Crippen MR) is 114 cm³/mol. The van der Waals surface area contributed by atoms with Gasteiger partial charge in [-0.25, -0.2) is 9.18 Å². The highest BCUT2D eigenvalue weighted by Gasteiger charge is 2.26. The summed E-state index contributed by atoms with van der Waals surface area (Å²) in [7, 11) is 0. The summed E-state index contributed by atoms with van der Waals surface area (Å²) in [5, 5.41) is 15.7. The largest absolute Gasteiger partial charge is 0.462 e. The second kappa shape index (κ2) is 8.93. The lowest BCUT2D eigenvalue weighted by atomic mass is 10.1. The predicted octanol–water partition coefficient (Wildman–Crippen LogP) is 5.51. The number of hydrogen-bond donors (Lipinski definition) is 1. The summed E-state index contributed by atoms with van der Waals surface area (Å²) in [6.07, 6.45) is 0. The summed E-state index contributed by atoms with van der Waals surface area (Å²) in [6.45, 7) is 1.90. The smallest absolute Gasteiger partial charge is 0.346 e. The fourth-order valence-electron chi connectivity index (χ4n) is 2.86. The minimum atomic E-state index is -0.591. The van der Waals surface area contributed by atoms with Gasteiger partial charge in [0.05, 0.1) is 12.3 Å². The van der Waals surface area contributed by atoms with Gasteiger partial charge in [0.25, 0.3) is 0 Å². The lowest BCUT2D eigenvalue weighted by Crippen LogP contribution is -2.08. The van der Waals surface area contributed by atoms with Crippen LogP contribution in [0.25, 0.3) is 22.5 Å². The van der Waals surface area contributed by atoms with E-state index < -0.39 is 5.97 Å². The van der Waals surface area contributed by atoms with Gasteiger partial charge in [-0.05, 0) is 55.5 Å². The van der Waals surface area contributed by atoms with E-state index in [0.717, 1.165) is 5.56 Å². The van der Waals surface area contributed by atoms with Crippen molar-refractivity contribution in [2.75, 3.05) is 11.9 Å². The van der Waals surface area contributed by atoms with E-state index in [1.165, 1.54) is 12.1 Å². The van der Waals surface area contributed by atoms with E-state index in [4.69, 9.17) is 20.9 Å². The Morgan fingerprint density at radius 3 is 2.39 bits per heavy atom. The highest BCUT2D eigenvalue weighted by Crippen LogP contribution is 2.32. The van der Waals surface area contributed by atoms with Gasteiger partial charge in [-0.2, -0.15) is 0 Å². The summed E-state index contributed by atoms with van der Waals surface area (Å²) < 4.78 is 23.6. The van der Waals surface area contributed by atoms with E-state index in [-0.39, 0.29) is 23.9 Å². The zero-order valence-corrected chi connectivity index (χ0v) is 17.1. The number of carbonyl (C=O) groups excluding carboxylic acids is 1. The van der Waals surface area contributed by atoms with E-state index in [0.29, 0.717) is 27.8 Å². The number of nitrogens with zero attached hydrogens (tertiary/aromatic N) is 3. The Morgan fingerprint density at radius 1 is 1.03 bits per heavy atom. The number of aromatic nitrogens is 3. The summed E-state index contributed by atoms with van der Waals surface area (Å²) >= 11 is 5.95. The first-order valence-corrected chi connectivity index (χ1v) is 9.72. The van der Waals surface area contributed by atoms with Crippen LogP contribution in [0.4, 0.5) is 16.1 Å². The molecular weight excluding hydrogens is 423 g/mol. The molecule has 4 aromatic rings. The van der Waals surface area contributed by atoms with E-state index in [1.807, 2.05) is 0 Å². The highest BCUT2D eigenvalue weighted by atomic mass is 35.5. The molecule has 0 saturated heterocycles. The normalized spacial score (nSPS) is 10.7. The molecule has 7 nitrogen and oxygen atoms in total. The van der Waals surface area contributed by atoms with Gasteiger partial charge in [-0.15, -0.1) is 10.2 Å². The Balaban J connectivity index is 1.64. The van der Waals surface area contributed by atoms with Crippen LogP contribution < -0.4 is 5.32 Å². The second-order valence-corrected chi connectivity index (χ2v) is 6.83. The summed E-state index contributed by atoms with van der Waals surface area (Å²) in [5.41, 5.74) is 2.37. The third-order valence-electron chi connectivity index (χ3n) is 4.34. The quantitative estimate of drug-likeness (QED) is 0.397. The van der Waals surface area contributed by atoms with Crippen LogP contribution in [0.15, 0.2) is 65.2 Å². The van der Waals surface area contributed by atoms with Crippen molar-refractivity contribution in [2.24, 2.45) is 0 Å². The number of benzene rings is 2. The SMILES string of the molecule is CCOC(=O)c1c(-c2ccc(Cl)cc2)noc1Nc1ccc(-c2ccc(F)cc2)nn1. The first kappa shape index (κ1) is 20.5. The zero-order chi connectivity index (χ0) is 21.8. The molecule has 4 rings (SSSR count). The number of carbonyl (C=O) groups is 1. The first-order valence-electron chi connectivity index (χ1n) is 9.34. The molecule has 1 N–H and O–H groups in total. The topological polar surface area (TPSA) is 90.1 Å². The fourth-order valence-corrected chi connectivity index (χ4v) is 2.99. The van der Waals surface area contributed by atoms with Gasteiger partial charge in [0.2, 0.25) is 5.88 Å². The maximum absolute atomic E-state index is 13.1. The monoisotopic (exact) mass is 438 g/mol. The third-order valence-corrected chi connectivity index (χ3v) is 4.59. The average molecular weight is 439 g/mol. The Morgan fingerprint density at radius 2 is 1.74 bits per heavy atom. The summed E-state index contributed by atoms with van der Waals surface area (Å²) in [4.78, 5) is 12.6. The molecule has 0 amide bonds. The Labute approximate surface area is 181 Å². The van der Waals surface area contributed by atoms with Crippen molar-refractivity contribution in [1.29, 1.82) is 0 Å². The molecular formula is C22H16ClFN4O3. The molecule has 9 heteroatoms. The van der Waals surface area contributed by atoms with Crippen LogP contribution in [0.1, 0.15) is 17.3 Å². The molecule has 0 saturated carbocycles. The van der Waals surface area contributed by atoms with Crippen LogP contribution >= 0.6 is 11.6 Å². The number of hydrogen-bond acceptors (Lipinski definition) is 7. The van der Waals surface area contributed by atoms with Crippen LogP contribution in [0.2, 0.25) is 5.02 Å². The maximum Gasteiger partial charge on any atom is 0.346 e. The molecule has 0 unspecified atom stereocenters. The fraction of sp³-hybridized carbons (Fsp3) is 0.0909. The number of rotatable bonds is 6. The number of halogens is 2. The van der Waals surface area contributed by atoms with Crippen molar-refractivity contribution in [1.82, 2.24) is 15.4 Å². The van der Waals surface area contributed by atoms with E-state index in [2.05, 4.69) is 20.7 Å². The van der Waals surface area contributed by atoms with Crippen molar-refractivity contribution >= 4 is 29.3 Å². The van der Waals surface area contributed by atoms with Crippen LogP contribution in [0, 0.1) is 5.82 Å². The summed E-state index contributed by atoms with van der Waals surface area (Å²) in [5.74, 6) is -0.516. The molecule has 0 bridgehead atoms. The van der Waals surface area contributed by atoms with Gasteiger partial charge < -0.3 is 14.6 Å². The molecule has 2 aromatic heterocycles. The molecule has 0 radical (unpaired) electrons. The van der Waals surface area contributed by atoms with Gasteiger partial charge in [0.1, 0.15) is 11.5 Å². The second-order valence-electron chi connectivity index (χ2n) is 6.40. The van der Waals surface area contributed by atoms with Crippen molar-refractivity contribution in [2.45, 2.75) is 6.92 Å². The average Bonchev–Trinajstić information content (AvgIpc) is 3.19. The first-order chi connectivity index (χ1) is 15.0. The Kier molecular flexibility index (Phi) is 5.90. The van der Waals surface area contributed by atoms with Gasteiger partial charge in [-0.1, -0.05) is 28.9 Å². The molecule has 0 aliphatic carbocycles. The van der Waals surface area contributed by atoms with Crippen LogP contribution in [-0.4, -0.2) is 27.9 Å². The molecule has 2 heterocycles. The standard InChI is InChI=1S/C22H16ClFN4O3/c1-2-30-22(29)19-20(14-3-7-15(23)8-4-14)28-31-21(19)25-18-12-11-17(26-27-18)13-5-9-16(24)10-6-13/h3-12H,2H2,1H3,(H,25,27). The van der Waals surface area contributed by atoms with E-state index in [1.54, 1.807) is 55.5 Å². The van der Waals surface area contributed by atoms with Crippen molar-refractivity contribution in [3.63, 3.8) is 0 Å². The van der Waals surface area contributed by atoms with Crippen LogP contribution in [-0.2, 0) is 4.74 Å². The number of esters is 1. The number of nitrogens with one attached hydrogen (secondary N) is 1. The maximum atomic E-state index is 13.1. The minimum absolute atomic E-state index is 0.0761. The third kappa shape index (κ3) is 4.54. The van der Waals surface area contributed by atoms with Crippen molar-refractivity contribution in [3.05, 3.63) is 77.1 Å². The van der Waals surface area contributed by atoms with E-state index >= 15 is 0 Å². The van der Waals surface area contributed by atoms with Gasteiger partial charge in [0.15, 0.2) is 11.4 Å². The molecule has 156 valence electrons. The Hall–Kier alpha value is -3.78. The highest BCUT2D eigenvalue weighted by molar-refractivity contribution is 6.30. The zero-order valence-electron chi connectivity index (χ0n) is 16.3. The molecule has 0 atom stereocenters. The van der Waals surface area contributed by atoms with Gasteiger partial charge in [0, 0.05) is 16.1 Å². The molecule has 31 heavy (non-hydrogen) atoms. The van der Waals surface area contributed by atoms with Gasteiger partial charge in [-0.3, -0.25) is 0 Å². The molecule has 0 spiro atoms. The van der Waals surface area contributed by atoms with Crippen LogP contribution in [0.5, 0.6) is 0 Å². The number of anilines is 2. The minimum Gasteiger partial charge on any atom is -0.462 e. The molecule has 0 aliphatic rings. The molecule has 0 fully saturated rings. The molecule has 0 aliphatic heterocycles. The van der Waals surface area contributed by atoms with Crippen LogP contribution in [0.3, 0.4) is 0 Å². The van der Waals surface area contributed by atoms with E-state index in [9.17, 15) is 9.18 Å². The van der Waals surface area contributed by atoms with Crippen molar-refractivity contribution in [3.8, 4) is 22.5 Å². The summed E-state index contributed by atoms with van der Waals surface area (Å²) in [6, 6.07) is 16.1. The van der Waals surface area contributed by atoms with Crippen molar-refractivity contribution < 1.29 is 18.4 Å². The lowest BCUT2D eigenvalue weighted by molar-refractivity contribution is 0.0528. The molecule has 2 aromatic carbocycles. The van der Waals surface area contributed by atoms with Gasteiger partial charge >= 0.3 is 5.97 Å². The Bertz CT molecular complexity index is 1190. The lowest BCUT2D eigenvalue weighted by Gasteiger charge is -2.06.